The molecule has 2 fully saturated rings. The first-order chi connectivity index (χ1) is 17.2. The van der Waals surface area contributed by atoms with E-state index < -0.39 is 36.0 Å². The van der Waals surface area contributed by atoms with Crippen molar-refractivity contribution in [3.63, 3.8) is 0 Å². The van der Waals surface area contributed by atoms with Crippen molar-refractivity contribution in [1.82, 2.24) is 0 Å². The second-order valence-corrected chi connectivity index (χ2v) is 14.6. The summed E-state index contributed by atoms with van der Waals surface area (Å²) < 4.78 is 53.3. The summed E-state index contributed by atoms with van der Waals surface area (Å²) in [5.41, 5.74) is 0.167. The fourth-order valence-corrected chi connectivity index (χ4v) is 9.68. The average Bonchev–Trinajstić information content (AvgIpc) is 2.91. The van der Waals surface area contributed by atoms with Gasteiger partial charge in [-0.1, -0.05) is 50.7 Å². The summed E-state index contributed by atoms with van der Waals surface area (Å²) in [5.74, 6) is -0.726. The predicted molar refractivity (Wildman–Crippen MR) is 140 cm³/mol. The first kappa shape index (κ1) is 25.1. The number of Topliss-reactive ketones (excluding diaryl/α,β-unsaturated/α-hetero) is 1. The minimum Gasteiger partial charge on any atom is -0.294 e. The standard InChI is InChI=1S/C28H30O6S2/c29-18-27(30)28-25-13-11-23(35(31,32)21-7-3-1-4-8-21)16-19(25)15-20-17-24(12-14-26(20)28)36(33,34)22-9-5-2-6-10-22/h11-18,21-22H,1-10H2. The number of carbonyl (C=O) groups is 2. The Labute approximate surface area is 211 Å². The van der Waals surface area contributed by atoms with Crippen molar-refractivity contribution in [1.29, 1.82) is 0 Å². The van der Waals surface area contributed by atoms with Crippen LogP contribution in [0.2, 0.25) is 0 Å². The van der Waals surface area contributed by atoms with Crippen molar-refractivity contribution in [2.75, 3.05) is 0 Å². The second kappa shape index (κ2) is 9.71. The van der Waals surface area contributed by atoms with Gasteiger partial charge in [-0.3, -0.25) is 9.59 Å². The molecule has 5 rings (SSSR count). The third-order valence-electron chi connectivity index (χ3n) is 7.89. The largest absolute Gasteiger partial charge is 0.294 e. The zero-order valence-electron chi connectivity index (χ0n) is 20.1. The van der Waals surface area contributed by atoms with Gasteiger partial charge in [0.1, 0.15) is 0 Å². The SMILES string of the molecule is O=CC(=O)c1c2ccc(S(=O)(=O)C3CCCCC3)cc2cc2cc(S(=O)(=O)C3CCCCC3)ccc12. The summed E-state index contributed by atoms with van der Waals surface area (Å²) >= 11 is 0. The number of carbonyl (C=O) groups excluding carboxylic acids is 2. The second-order valence-electron chi connectivity index (χ2n) is 10.1. The van der Waals surface area contributed by atoms with Gasteiger partial charge < -0.3 is 0 Å². The Balaban J connectivity index is 1.68. The zero-order valence-corrected chi connectivity index (χ0v) is 21.7. The van der Waals surface area contributed by atoms with Gasteiger partial charge in [-0.25, -0.2) is 16.8 Å². The normalized spacial score (nSPS) is 18.4. The number of hydrogen-bond acceptors (Lipinski definition) is 6. The smallest absolute Gasteiger partial charge is 0.226 e. The molecule has 0 N–H and O–H groups in total. The molecule has 8 heteroatoms. The molecule has 0 spiro atoms. The lowest BCUT2D eigenvalue weighted by Gasteiger charge is -2.22. The molecule has 2 aliphatic carbocycles. The number of fused-ring (bicyclic) bond motifs is 2. The van der Waals surface area contributed by atoms with Crippen LogP contribution in [0, 0.1) is 0 Å². The minimum atomic E-state index is -3.54. The monoisotopic (exact) mass is 526 g/mol. The molecule has 0 atom stereocenters. The molecule has 0 aromatic heterocycles. The molecule has 3 aromatic carbocycles. The molecule has 0 radical (unpaired) electrons. The molecule has 2 saturated carbocycles. The van der Waals surface area contributed by atoms with Crippen LogP contribution >= 0.6 is 0 Å². The van der Waals surface area contributed by atoms with Crippen molar-refractivity contribution >= 4 is 53.3 Å². The molecule has 2 aliphatic rings. The van der Waals surface area contributed by atoms with Crippen LogP contribution in [0.1, 0.15) is 74.6 Å². The number of benzene rings is 3. The van der Waals surface area contributed by atoms with E-state index >= 15 is 0 Å². The maximum Gasteiger partial charge on any atom is 0.226 e. The van der Waals surface area contributed by atoms with E-state index in [-0.39, 0.29) is 21.6 Å². The van der Waals surface area contributed by atoms with Crippen LogP contribution in [0.5, 0.6) is 0 Å². The molecular weight excluding hydrogens is 496 g/mol. The van der Waals surface area contributed by atoms with Crippen LogP contribution in [-0.4, -0.2) is 39.4 Å². The molecule has 6 nitrogen and oxygen atoms in total. The van der Waals surface area contributed by atoms with Gasteiger partial charge in [-0.2, -0.15) is 0 Å². The molecule has 0 unspecified atom stereocenters. The Kier molecular flexibility index (Phi) is 6.76. The number of aldehydes is 1. The molecule has 0 bridgehead atoms. The van der Waals surface area contributed by atoms with Crippen LogP contribution in [0.25, 0.3) is 21.5 Å². The van der Waals surface area contributed by atoms with Crippen molar-refractivity contribution in [2.45, 2.75) is 84.5 Å². The summed E-state index contributed by atoms with van der Waals surface area (Å²) in [5, 5.41) is 1.10. The fourth-order valence-electron chi connectivity index (χ4n) is 5.90. The van der Waals surface area contributed by atoms with Gasteiger partial charge in [-0.05, 0) is 77.6 Å². The van der Waals surface area contributed by atoms with Gasteiger partial charge in [0, 0.05) is 5.56 Å². The topological polar surface area (TPSA) is 102 Å². The number of rotatable bonds is 6. The van der Waals surface area contributed by atoms with E-state index in [0.717, 1.165) is 38.5 Å². The van der Waals surface area contributed by atoms with E-state index in [1.165, 1.54) is 12.1 Å². The highest BCUT2D eigenvalue weighted by Gasteiger charge is 2.31. The van der Waals surface area contributed by atoms with E-state index in [0.29, 0.717) is 47.2 Å². The van der Waals surface area contributed by atoms with E-state index in [1.807, 2.05) is 0 Å². The Bertz CT molecular complexity index is 1450. The Morgan fingerprint density at radius 3 is 1.44 bits per heavy atom. The molecular formula is C28H30O6S2. The maximum atomic E-state index is 13.3. The fraction of sp³-hybridized carbons (Fsp3) is 0.429. The highest BCUT2D eigenvalue weighted by Crippen LogP contribution is 2.36. The average molecular weight is 527 g/mol. The van der Waals surface area contributed by atoms with Crippen LogP contribution in [-0.2, 0) is 24.5 Å². The number of ketones is 1. The van der Waals surface area contributed by atoms with Gasteiger partial charge in [0.15, 0.2) is 26.0 Å². The highest BCUT2D eigenvalue weighted by molar-refractivity contribution is 7.92. The first-order valence-electron chi connectivity index (χ1n) is 12.7. The van der Waals surface area contributed by atoms with Gasteiger partial charge in [0.05, 0.1) is 20.3 Å². The summed E-state index contributed by atoms with van der Waals surface area (Å²) in [7, 11) is -7.08. The van der Waals surface area contributed by atoms with E-state index in [4.69, 9.17) is 0 Å². The van der Waals surface area contributed by atoms with Crippen molar-refractivity contribution in [2.24, 2.45) is 0 Å². The molecule has 0 heterocycles. The van der Waals surface area contributed by atoms with Crippen molar-refractivity contribution < 1.29 is 26.4 Å². The summed E-state index contributed by atoms with van der Waals surface area (Å²) in [6.07, 6.45) is 8.41. The van der Waals surface area contributed by atoms with E-state index in [9.17, 15) is 26.4 Å². The van der Waals surface area contributed by atoms with Crippen LogP contribution in [0.15, 0.2) is 52.3 Å². The van der Waals surface area contributed by atoms with Crippen LogP contribution < -0.4 is 0 Å². The molecule has 3 aromatic rings. The predicted octanol–water partition coefficient (Wildman–Crippen LogP) is 5.59. The van der Waals surface area contributed by atoms with Crippen molar-refractivity contribution in [3.05, 3.63) is 48.0 Å². The molecule has 0 aliphatic heterocycles. The van der Waals surface area contributed by atoms with Gasteiger partial charge >= 0.3 is 0 Å². The lowest BCUT2D eigenvalue weighted by Crippen LogP contribution is -2.24. The van der Waals surface area contributed by atoms with E-state index in [1.54, 1.807) is 30.3 Å². The van der Waals surface area contributed by atoms with Gasteiger partial charge in [-0.15, -0.1) is 0 Å². The molecule has 0 amide bonds. The third-order valence-corrected chi connectivity index (χ3v) is 12.4. The maximum absolute atomic E-state index is 13.3. The highest BCUT2D eigenvalue weighted by atomic mass is 32.2. The Morgan fingerprint density at radius 1 is 0.639 bits per heavy atom. The zero-order chi connectivity index (χ0) is 25.5. The minimum absolute atomic E-state index is 0.167. The van der Waals surface area contributed by atoms with Gasteiger partial charge in [0.2, 0.25) is 5.78 Å². The lowest BCUT2D eigenvalue weighted by molar-refractivity contribution is -0.104. The Morgan fingerprint density at radius 2 is 1.06 bits per heavy atom. The van der Waals surface area contributed by atoms with Crippen LogP contribution in [0.3, 0.4) is 0 Å². The summed E-state index contributed by atoms with van der Waals surface area (Å²) in [6.45, 7) is 0. The Hall–Kier alpha value is -2.58. The quantitative estimate of drug-likeness (QED) is 0.180. The van der Waals surface area contributed by atoms with E-state index in [2.05, 4.69) is 0 Å². The van der Waals surface area contributed by atoms with Crippen LogP contribution in [0.4, 0.5) is 0 Å². The summed E-state index contributed by atoms with van der Waals surface area (Å²) in [4.78, 5) is 24.6. The molecule has 190 valence electrons. The molecule has 36 heavy (non-hydrogen) atoms. The van der Waals surface area contributed by atoms with Gasteiger partial charge in [0.25, 0.3) is 0 Å². The number of hydrogen-bond donors (Lipinski definition) is 0. The lowest BCUT2D eigenvalue weighted by atomic mass is 9.94. The third kappa shape index (κ3) is 4.39. The van der Waals surface area contributed by atoms with Crippen molar-refractivity contribution in [3.8, 4) is 0 Å². The first-order valence-corrected chi connectivity index (χ1v) is 15.8. The number of sulfone groups is 2. The molecule has 0 saturated heterocycles. The summed E-state index contributed by atoms with van der Waals surface area (Å²) in [6, 6.07) is 11.1.